The van der Waals surface area contributed by atoms with Crippen LogP contribution in [-0.2, 0) is 0 Å². The first-order valence-electron chi connectivity index (χ1n) is 9.14. The number of hydrogen-bond donors (Lipinski definition) is 2. The van der Waals surface area contributed by atoms with Gasteiger partial charge in [-0.15, -0.1) is 0 Å². The van der Waals surface area contributed by atoms with E-state index in [1.54, 1.807) is 0 Å². The van der Waals surface area contributed by atoms with Gasteiger partial charge in [-0.2, -0.15) is 0 Å². The summed E-state index contributed by atoms with van der Waals surface area (Å²) in [6, 6.07) is 21.4. The van der Waals surface area contributed by atoms with Crippen molar-refractivity contribution in [2.45, 2.75) is 51.3 Å². The Kier molecular flexibility index (Phi) is 5.07. The zero-order chi connectivity index (χ0) is 17.2. The first-order valence-corrected chi connectivity index (χ1v) is 9.14. The maximum absolute atomic E-state index is 11.5. The molecule has 0 amide bonds. The molecule has 128 valence electrons. The third kappa shape index (κ3) is 3.13. The van der Waals surface area contributed by atoms with Crippen molar-refractivity contribution in [2.24, 2.45) is 11.8 Å². The molecule has 3 rings (SSSR count). The summed E-state index contributed by atoms with van der Waals surface area (Å²) in [6.45, 7) is 6.41. The Hall–Kier alpha value is -1.64. The highest BCUT2D eigenvalue weighted by Crippen LogP contribution is 2.48. The lowest BCUT2D eigenvalue weighted by atomic mass is 9.65. The molecule has 0 saturated carbocycles. The zero-order valence-electron chi connectivity index (χ0n) is 14.9. The van der Waals surface area contributed by atoms with Crippen LogP contribution in [0.2, 0.25) is 0 Å². The summed E-state index contributed by atoms with van der Waals surface area (Å²) in [6.07, 6.45) is 2.10. The molecule has 2 N–H and O–H groups in total. The molecule has 1 aliphatic rings. The monoisotopic (exact) mass is 323 g/mol. The number of aliphatic hydroxyl groups is 1. The van der Waals surface area contributed by atoms with Gasteiger partial charge in [0.05, 0.1) is 5.60 Å². The molecule has 1 fully saturated rings. The maximum atomic E-state index is 11.5. The van der Waals surface area contributed by atoms with Crippen molar-refractivity contribution in [2.75, 3.05) is 0 Å². The number of rotatable bonds is 4. The van der Waals surface area contributed by atoms with E-state index in [1.807, 2.05) is 13.0 Å². The first kappa shape index (κ1) is 17.2. The molecule has 0 bridgehead atoms. The Morgan fingerprint density at radius 1 is 0.917 bits per heavy atom. The second-order valence-corrected chi connectivity index (χ2v) is 7.35. The molecule has 1 aliphatic heterocycles. The van der Waals surface area contributed by atoms with Crippen LogP contribution >= 0.6 is 0 Å². The van der Waals surface area contributed by atoms with E-state index < -0.39 is 5.60 Å². The summed E-state index contributed by atoms with van der Waals surface area (Å²) in [5.74, 6) is 0.358. The Balaban J connectivity index is 2.01. The fourth-order valence-electron chi connectivity index (χ4n) is 4.27. The lowest BCUT2D eigenvalue weighted by Gasteiger charge is -2.52. The minimum absolute atomic E-state index is 0.149. The molecular formula is C22H29NO. The second kappa shape index (κ2) is 7.08. The molecule has 0 radical (unpaired) electrons. The van der Waals surface area contributed by atoms with Crippen LogP contribution in [0.3, 0.4) is 0 Å². The van der Waals surface area contributed by atoms with E-state index in [0.29, 0.717) is 0 Å². The van der Waals surface area contributed by atoms with Crippen LogP contribution in [0, 0.1) is 11.8 Å². The normalized spacial score (nSPS) is 33.3. The second-order valence-electron chi connectivity index (χ2n) is 7.35. The topological polar surface area (TPSA) is 32.3 Å². The van der Waals surface area contributed by atoms with Crippen molar-refractivity contribution in [1.82, 2.24) is 5.32 Å². The van der Waals surface area contributed by atoms with Gasteiger partial charge in [-0.1, -0.05) is 80.9 Å². The van der Waals surface area contributed by atoms with Crippen molar-refractivity contribution < 1.29 is 5.11 Å². The van der Waals surface area contributed by atoms with Crippen LogP contribution in [0.15, 0.2) is 60.7 Å². The van der Waals surface area contributed by atoms with E-state index in [9.17, 15) is 5.11 Å². The van der Waals surface area contributed by atoms with Gasteiger partial charge in [0.1, 0.15) is 0 Å². The zero-order valence-corrected chi connectivity index (χ0v) is 14.9. The van der Waals surface area contributed by atoms with Gasteiger partial charge >= 0.3 is 0 Å². The van der Waals surface area contributed by atoms with Gasteiger partial charge in [0.25, 0.3) is 0 Å². The van der Waals surface area contributed by atoms with Crippen LogP contribution in [0.25, 0.3) is 0 Å². The molecule has 24 heavy (non-hydrogen) atoms. The highest BCUT2D eigenvalue weighted by Gasteiger charge is 2.49. The van der Waals surface area contributed by atoms with E-state index in [2.05, 4.69) is 73.8 Å². The van der Waals surface area contributed by atoms with E-state index >= 15 is 0 Å². The molecule has 0 aliphatic carbocycles. The van der Waals surface area contributed by atoms with E-state index in [-0.39, 0.29) is 23.9 Å². The Morgan fingerprint density at radius 2 is 1.42 bits per heavy atom. The van der Waals surface area contributed by atoms with Crippen molar-refractivity contribution in [1.29, 1.82) is 0 Å². The van der Waals surface area contributed by atoms with Crippen molar-refractivity contribution in [3.05, 3.63) is 71.8 Å². The van der Waals surface area contributed by atoms with Gasteiger partial charge in [0.15, 0.2) is 0 Å². The third-order valence-electron chi connectivity index (χ3n) is 5.85. The average molecular weight is 323 g/mol. The summed E-state index contributed by atoms with van der Waals surface area (Å²) >= 11 is 0. The van der Waals surface area contributed by atoms with Crippen LogP contribution in [0.1, 0.15) is 56.8 Å². The lowest BCUT2D eigenvalue weighted by Crippen LogP contribution is -2.56. The third-order valence-corrected chi connectivity index (χ3v) is 5.85. The quantitative estimate of drug-likeness (QED) is 0.841. The minimum atomic E-state index is -0.706. The highest BCUT2D eigenvalue weighted by atomic mass is 16.3. The molecule has 0 spiro atoms. The Labute approximate surface area is 145 Å². The Bertz CT molecular complexity index is 638. The fourth-order valence-corrected chi connectivity index (χ4v) is 4.27. The summed E-state index contributed by atoms with van der Waals surface area (Å²) in [4.78, 5) is 0. The van der Waals surface area contributed by atoms with Gasteiger partial charge in [0.2, 0.25) is 0 Å². The van der Waals surface area contributed by atoms with Gasteiger partial charge in [-0.25, -0.2) is 0 Å². The first-order chi connectivity index (χ1) is 11.6. The molecule has 1 saturated heterocycles. The van der Waals surface area contributed by atoms with Crippen molar-refractivity contribution in [3.8, 4) is 0 Å². The maximum Gasteiger partial charge on any atom is 0.0709 e. The molecule has 0 aromatic heterocycles. The molecule has 2 heteroatoms. The molecular weight excluding hydrogens is 294 g/mol. The fraction of sp³-hybridized carbons (Fsp3) is 0.455. The van der Waals surface area contributed by atoms with Crippen LogP contribution in [0.4, 0.5) is 0 Å². The van der Waals surface area contributed by atoms with Gasteiger partial charge in [0, 0.05) is 23.9 Å². The SMILES string of the molecule is CCC[C@@H]1[C@H](c2ccccc2)N[C@H](c2ccccc2)[C@H](C)[C@@]1(C)O. The van der Waals surface area contributed by atoms with Gasteiger partial charge in [-0.3, -0.25) is 0 Å². The standard InChI is InChI=1S/C22H29NO/c1-4-11-19-21(18-14-9-6-10-15-18)23-20(16(2)22(19,3)24)17-12-7-5-8-13-17/h5-10,12-16,19-21,23-24H,4,11H2,1-3H3/t16-,19+,20-,21-,22+/m0/s1. The molecule has 0 unspecified atom stereocenters. The van der Waals surface area contributed by atoms with Gasteiger partial charge in [-0.05, 0) is 24.5 Å². The highest BCUT2D eigenvalue weighted by molar-refractivity contribution is 5.27. The average Bonchev–Trinajstić information content (AvgIpc) is 2.61. The number of hydrogen-bond acceptors (Lipinski definition) is 2. The summed E-state index contributed by atoms with van der Waals surface area (Å²) < 4.78 is 0. The lowest BCUT2D eigenvalue weighted by molar-refractivity contribution is -0.105. The largest absolute Gasteiger partial charge is 0.389 e. The van der Waals surface area contributed by atoms with Crippen LogP contribution < -0.4 is 5.32 Å². The van der Waals surface area contributed by atoms with E-state index in [0.717, 1.165) is 12.8 Å². The van der Waals surface area contributed by atoms with Crippen molar-refractivity contribution >= 4 is 0 Å². The Morgan fingerprint density at radius 3 is 1.92 bits per heavy atom. The molecule has 2 aromatic carbocycles. The number of benzene rings is 2. The molecule has 1 heterocycles. The summed E-state index contributed by atoms with van der Waals surface area (Å²) in [5.41, 5.74) is 1.81. The van der Waals surface area contributed by atoms with E-state index in [4.69, 9.17) is 0 Å². The molecule has 2 aromatic rings. The smallest absolute Gasteiger partial charge is 0.0709 e. The molecule has 2 nitrogen and oxygen atoms in total. The number of nitrogens with one attached hydrogen (secondary N) is 1. The number of piperidine rings is 1. The predicted octanol–water partition coefficient (Wildman–Crippen LogP) is 4.88. The van der Waals surface area contributed by atoms with Crippen LogP contribution in [-0.4, -0.2) is 10.7 Å². The summed E-state index contributed by atoms with van der Waals surface area (Å²) in [7, 11) is 0. The molecule has 5 atom stereocenters. The minimum Gasteiger partial charge on any atom is -0.389 e. The van der Waals surface area contributed by atoms with Crippen molar-refractivity contribution in [3.63, 3.8) is 0 Å². The van der Waals surface area contributed by atoms with Gasteiger partial charge < -0.3 is 10.4 Å². The van der Waals surface area contributed by atoms with Crippen LogP contribution in [0.5, 0.6) is 0 Å². The van der Waals surface area contributed by atoms with E-state index in [1.165, 1.54) is 11.1 Å². The summed E-state index contributed by atoms with van der Waals surface area (Å²) in [5, 5.41) is 15.3. The predicted molar refractivity (Wildman–Crippen MR) is 99.7 cm³/mol.